The molecule has 0 aromatic carbocycles. The minimum absolute atomic E-state index is 0.209. The summed E-state index contributed by atoms with van der Waals surface area (Å²) in [4.78, 5) is 25.4. The standard InChI is InChI=1S/C49H94O10/c1-3-5-7-9-11-13-15-17-18-19-20-21-22-23-24-25-26-28-29-31-33-35-37-44(51)56-40-42(41-57-49-48(55)47(54)46(53)43(39-50)59-49)58-45(52)38-36-34-32-30-27-16-14-12-10-8-6-4-2/h42-43,46-50,53-55H,3-41H2,1-2H3/t42-,43-,46+,47?,48?,49-/m0/s1. The van der Waals surface area contributed by atoms with Crippen molar-refractivity contribution in [2.75, 3.05) is 19.8 Å². The van der Waals surface area contributed by atoms with Gasteiger partial charge in [-0.25, -0.2) is 0 Å². The Hall–Kier alpha value is -1.30. The largest absolute Gasteiger partial charge is 0.462 e. The summed E-state index contributed by atoms with van der Waals surface area (Å²) >= 11 is 0. The zero-order valence-electron chi connectivity index (χ0n) is 38.3. The third-order valence-electron chi connectivity index (χ3n) is 12.0. The average molecular weight is 843 g/mol. The van der Waals surface area contributed by atoms with Gasteiger partial charge < -0.3 is 39.4 Å². The second kappa shape index (κ2) is 40.8. The summed E-state index contributed by atoms with van der Waals surface area (Å²) in [5, 5.41) is 40.1. The molecule has 0 aromatic rings. The van der Waals surface area contributed by atoms with Gasteiger partial charge in [-0.1, -0.05) is 219 Å². The van der Waals surface area contributed by atoms with E-state index in [9.17, 15) is 30.0 Å². The molecule has 0 spiro atoms. The number of aliphatic hydroxyl groups is 4. The summed E-state index contributed by atoms with van der Waals surface area (Å²) in [6.45, 7) is 3.46. The molecule has 0 aliphatic carbocycles. The maximum absolute atomic E-state index is 12.8. The molecule has 0 saturated carbocycles. The van der Waals surface area contributed by atoms with Gasteiger partial charge in [0.1, 0.15) is 31.0 Å². The fourth-order valence-electron chi connectivity index (χ4n) is 8.01. The second-order valence-electron chi connectivity index (χ2n) is 17.6. The van der Waals surface area contributed by atoms with Gasteiger partial charge in [0.05, 0.1) is 13.2 Å². The minimum Gasteiger partial charge on any atom is -0.462 e. The van der Waals surface area contributed by atoms with Gasteiger partial charge in [-0.3, -0.25) is 9.59 Å². The highest BCUT2D eigenvalue weighted by Crippen LogP contribution is 2.23. The third kappa shape index (κ3) is 32.1. The van der Waals surface area contributed by atoms with Gasteiger partial charge in [-0.2, -0.15) is 0 Å². The molecule has 350 valence electrons. The average Bonchev–Trinajstić information content (AvgIpc) is 3.23. The van der Waals surface area contributed by atoms with Crippen LogP contribution in [-0.4, -0.2) is 89.0 Å². The van der Waals surface area contributed by atoms with E-state index in [2.05, 4.69) is 13.8 Å². The Morgan fingerprint density at radius 1 is 0.458 bits per heavy atom. The first-order valence-electron chi connectivity index (χ1n) is 25.1. The van der Waals surface area contributed by atoms with E-state index in [1.165, 1.54) is 173 Å². The van der Waals surface area contributed by atoms with E-state index in [-0.39, 0.29) is 32.0 Å². The molecule has 1 aliphatic rings. The van der Waals surface area contributed by atoms with Crippen LogP contribution in [0.4, 0.5) is 0 Å². The molecule has 10 heteroatoms. The maximum Gasteiger partial charge on any atom is 0.306 e. The lowest BCUT2D eigenvalue weighted by Gasteiger charge is -2.39. The molecular weight excluding hydrogens is 749 g/mol. The number of carbonyl (C=O) groups excluding carboxylic acids is 2. The number of ether oxygens (including phenoxy) is 4. The lowest BCUT2D eigenvalue weighted by molar-refractivity contribution is -0.305. The fraction of sp³-hybridized carbons (Fsp3) is 0.959. The molecule has 0 aromatic heterocycles. The van der Waals surface area contributed by atoms with Crippen molar-refractivity contribution < 1.29 is 49.0 Å². The summed E-state index contributed by atoms with van der Waals surface area (Å²) < 4.78 is 22.2. The Balaban J connectivity index is 2.20. The Labute approximate surface area is 361 Å². The Morgan fingerprint density at radius 2 is 0.797 bits per heavy atom. The molecule has 1 heterocycles. The van der Waals surface area contributed by atoms with Crippen LogP contribution in [0.5, 0.6) is 0 Å². The van der Waals surface area contributed by atoms with Crippen molar-refractivity contribution in [3.8, 4) is 0 Å². The Kier molecular flexibility index (Phi) is 38.5. The predicted molar refractivity (Wildman–Crippen MR) is 238 cm³/mol. The number of carbonyl (C=O) groups is 2. The van der Waals surface area contributed by atoms with Crippen molar-refractivity contribution in [1.29, 1.82) is 0 Å². The van der Waals surface area contributed by atoms with Crippen molar-refractivity contribution in [3.63, 3.8) is 0 Å². The lowest BCUT2D eigenvalue weighted by Crippen LogP contribution is -2.59. The zero-order chi connectivity index (χ0) is 43.0. The first-order valence-corrected chi connectivity index (χ1v) is 25.1. The van der Waals surface area contributed by atoms with E-state index < -0.39 is 49.4 Å². The molecule has 1 rings (SSSR count). The number of hydrogen-bond acceptors (Lipinski definition) is 10. The Morgan fingerprint density at radius 3 is 1.15 bits per heavy atom. The SMILES string of the molecule is CCCCCCCCCCCCCCCCCCCCCCCCC(=O)OC[C@@H](CO[C@H]1O[C@@H](CO)[C@@H](O)C(O)C1O)OC(=O)CCCCCCCCCCCCCC. The quantitative estimate of drug-likeness (QED) is 0.0345. The topological polar surface area (TPSA) is 152 Å². The fourth-order valence-corrected chi connectivity index (χ4v) is 8.01. The number of hydrogen-bond donors (Lipinski definition) is 4. The number of unbranched alkanes of at least 4 members (excludes halogenated alkanes) is 32. The number of aliphatic hydroxyl groups excluding tert-OH is 4. The van der Waals surface area contributed by atoms with E-state index in [0.29, 0.717) is 6.42 Å². The van der Waals surface area contributed by atoms with Gasteiger partial charge in [-0.15, -0.1) is 0 Å². The normalized spacial score (nSPS) is 19.9. The summed E-state index contributed by atoms with van der Waals surface area (Å²) in [6.07, 6.45) is 35.5. The molecule has 6 atom stereocenters. The van der Waals surface area contributed by atoms with E-state index in [4.69, 9.17) is 18.9 Å². The van der Waals surface area contributed by atoms with Crippen LogP contribution < -0.4 is 0 Å². The van der Waals surface area contributed by atoms with Gasteiger partial charge in [0.2, 0.25) is 0 Å². The molecule has 4 N–H and O–H groups in total. The highest BCUT2D eigenvalue weighted by molar-refractivity contribution is 5.70. The number of esters is 2. The van der Waals surface area contributed by atoms with E-state index in [1.54, 1.807) is 0 Å². The van der Waals surface area contributed by atoms with Crippen molar-refractivity contribution in [2.24, 2.45) is 0 Å². The second-order valence-corrected chi connectivity index (χ2v) is 17.6. The lowest BCUT2D eigenvalue weighted by atomic mass is 9.99. The van der Waals surface area contributed by atoms with Crippen LogP contribution in [-0.2, 0) is 28.5 Å². The molecule has 59 heavy (non-hydrogen) atoms. The third-order valence-corrected chi connectivity index (χ3v) is 12.0. The summed E-state index contributed by atoms with van der Waals surface area (Å²) in [6, 6.07) is 0. The summed E-state index contributed by atoms with van der Waals surface area (Å²) in [7, 11) is 0. The van der Waals surface area contributed by atoms with Crippen LogP contribution in [0.15, 0.2) is 0 Å². The van der Waals surface area contributed by atoms with Crippen LogP contribution >= 0.6 is 0 Å². The smallest absolute Gasteiger partial charge is 0.306 e. The van der Waals surface area contributed by atoms with Gasteiger partial charge in [0.25, 0.3) is 0 Å². The van der Waals surface area contributed by atoms with Crippen LogP contribution in [0.1, 0.15) is 245 Å². The van der Waals surface area contributed by atoms with Crippen molar-refractivity contribution in [3.05, 3.63) is 0 Å². The molecule has 1 saturated heterocycles. The highest BCUT2D eigenvalue weighted by Gasteiger charge is 2.44. The molecule has 10 nitrogen and oxygen atoms in total. The van der Waals surface area contributed by atoms with E-state index in [0.717, 1.165) is 38.5 Å². The zero-order valence-corrected chi connectivity index (χ0v) is 38.3. The molecule has 0 bridgehead atoms. The summed E-state index contributed by atoms with van der Waals surface area (Å²) in [5.41, 5.74) is 0. The molecule has 0 radical (unpaired) electrons. The van der Waals surface area contributed by atoms with E-state index in [1.807, 2.05) is 0 Å². The monoisotopic (exact) mass is 843 g/mol. The van der Waals surface area contributed by atoms with Crippen molar-refractivity contribution in [2.45, 2.75) is 282 Å². The molecular formula is C49H94O10. The van der Waals surface area contributed by atoms with Gasteiger partial charge in [-0.05, 0) is 12.8 Å². The first-order chi connectivity index (χ1) is 28.8. The number of rotatable bonds is 43. The maximum atomic E-state index is 12.8. The van der Waals surface area contributed by atoms with Crippen molar-refractivity contribution in [1.82, 2.24) is 0 Å². The van der Waals surface area contributed by atoms with Crippen LogP contribution in [0.25, 0.3) is 0 Å². The van der Waals surface area contributed by atoms with Crippen molar-refractivity contribution >= 4 is 11.9 Å². The molecule has 2 unspecified atom stereocenters. The predicted octanol–water partition coefficient (Wildman–Crippen LogP) is 11.3. The molecule has 1 fully saturated rings. The van der Waals surface area contributed by atoms with Gasteiger partial charge >= 0.3 is 11.9 Å². The van der Waals surface area contributed by atoms with Crippen LogP contribution in [0.2, 0.25) is 0 Å². The van der Waals surface area contributed by atoms with Gasteiger partial charge in [0.15, 0.2) is 12.4 Å². The minimum atomic E-state index is -1.59. The summed E-state index contributed by atoms with van der Waals surface area (Å²) in [5.74, 6) is -0.789. The molecule has 1 aliphatic heterocycles. The van der Waals surface area contributed by atoms with Gasteiger partial charge in [0, 0.05) is 12.8 Å². The Bertz CT molecular complexity index is 932. The molecule has 0 amide bonds. The van der Waals surface area contributed by atoms with E-state index >= 15 is 0 Å². The highest BCUT2D eigenvalue weighted by atomic mass is 16.7. The first kappa shape index (κ1) is 55.7. The van der Waals surface area contributed by atoms with Crippen LogP contribution in [0.3, 0.4) is 0 Å². The van der Waals surface area contributed by atoms with Crippen LogP contribution in [0, 0.1) is 0 Å².